The molecular weight excluding hydrogens is 212 g/mol. The first kappa shape index (κ1) is 10.8. The minimum Gasteiger partial charge on any atom is -0.458 e. The molecule has 3 rings (SSSR count). The largest absolute Gasteiger partial charge is 0.458 e. The van der Waals surface area contributed by atoms with Crippen LogP contribution in [-0.4, -0.2) is 12.1 Å². The highest BCUT2D eigenvalue weighted by molar-refractivity contribution is 5.89. The van der Waals surface area contributed by atoms with Crippen LogP contribution in [0.15, 0.2) is 30.3 Å². The number of esters is 1. The topological polar surface area (TPSA) is 26.3 Å². The minimum atomic E-state index is -0.152. The van der Waals surface area contributed by atoms with E-state index in [1.807, 2.05) is 30.3 Å². The van der Waals surface area contributed by atoms with Crippen molar-refractivity contribution in [1.82, 2.24) is 0 Å². The molecule has 2 aliphatic carbocycles. The average molecular weight is 230 g/mol. The summed E-state index contributed by atoms with van der Waals surface area (Å²) in [4.78, 5) is 12.0. The molecule has 2 fully saturated rings. The molecule has 0 aromatic heterocycles. The van der Waals surface area contributed by atoms with E-state index in [1.165, 1.54) is 25.7 Å². The molecule has 1 aromatic carbocycles. The van der Waals surface area contributed by atoms with Gasteiger partial charge in [-0.1, -0.05) is 24.6 Å². The number of carbonyl (C=O) groups is 1. The van der Waals surface area contributed by atoms with Gasteiger partial charge >= 0.3 is 5.97 Å². The van der Waals surface area contributed by atoms with Crippen LogP contribution in [0, 0.1) is 11.8 Å². The fraction of sp³-hybridized carbons (Fsp3) is 0.533. The number of hydrogen-bond acceptors (Lipinski definition) is 2. The van der Waals surface area contributed by atoms with Gasteiger partial charge in [0.05, 0.1) is 5.56 Å². The lowest BCUT2D eigenvalue weighted by Gasteiger charge is -2.28. The third-order valence-electron chi connectivity index (χ3n) is 4.23. The number of fused-ring (bicyclic) bond motifs is 2. The van der Waals surface area contributed by atoms with Crippen LogP contribution in [0.3, 0.4) is 0 Å². The maximum absolute atomic E-state index is 12.0. The first-order valence-electron chi connectivity index (χ1n) is 6.59. The lowest BCUT2D eigenvalue weighted by molar-refractivity contribution is 0.00411. The van der Waals surface area contributed by atoms with Crippen molar-refractivity contribution in [3.05, 3.63) is 35.9 Å². The summed E-state index contributed by atoms with van der Waals surface area (Å²) in [6.07, 6.45) is 6.33. The third kappa shape index (κ3) is 2.21. The molecule has 0 spiro atoms. The van der Waals surface area contributed by atoms with Gasteiger partial charge in [-0.2, -0.15) is 0 Å². The zero-order chi connectivity index (χ0) is 11.7. The maximum Gasteiger partial charge on any atom is 0.338 e. The first-order chi connectivity index (χ1) is 8.33. The summed E-state index contributed by atoms with van der Waals surface area (Å²) < 4.78 is 5.67. The van der Waals surface area contributed by atoms with Gasteiger partial charge in [0.15, 0.2) is 0 Å². The van der Waals surface area contributed by atoms with Crippen molar-refractivity contribution in [2.75, 3.05) is 0 Å². The van der Waals surface area contributed by atoms with E-state index in [0.717, 1.165) is 12.3 Å². The van der Waals surface area contributed by atoms with Crippen LogP contribution >= 0.6 is 0 Å². The summed E-state index contributed by atoms with van der Waals surface area (Å²) in [7, 11) is 0. The van der Waals surface area contributed by atoms with Crippen molar-refractivity contribution in [3.8, 4) is 0 Å². The van der Waals surface area contributed by atoms with Gasteiger partial charge in [-0.15, -0.1) is 0 Å². The Bertz CT molecular complexity index is 399. The zero-order valence-corrected chi connectivity index (χ0v) is 9.97. The third-order valence-corrected chi connectivity index (χ3v) is 4.23. The summed E-state index contributed by atoms with van der Waals surface area (Å²) in [6.45, 7) is 0. The van der Waals surface area contributed by atoms with Crippen molar-refractivity contribution < 1.29 is 9.53 Å². The van der Waals surface area contributed by atoms with Gasteiger partial charge in [-0.3, -0.25) is 0 Å². The summed E-state index contributed by atoms with van der Waals surface area (Å²) in [6, 6.07) is 9.32. The quantitative estimate of drug-likeness (QED) is 0.728. The normalized spacial score (nSPS) is 31.2. The average Bonchev–Trinajstić information content (AvgIpc) is 2.77. The second kappa shape index (κ2) is 4.52. The molecule has 17 heavy (non-hydrogen) atoms. The maximum atomic E-state index is 12.0. The second-order valence-corrected chi connectivity index (χ2v) is 5.33. The molecule has 0 saturated heterocycles. The number of carbonyl (C=O) groups excluding carboxylic acids is 1. The lowest BCUT2D eigenvalue weighted by Crippen LogP contribution is -2.28. The van der Waals surface area contributed by atoms with Crippen LogP contribution in [0.4, 0.5) is 0 Å². The highest BCUT2D eigenvalue weighted by Gasteiger charge is 2.37. The highest BCUT2D eigenvalue weighted by atomic mass is 16.5. The molecular formula is C15H18O2. The second-order valence-electron chi connectivity index (χ2n) is 5.33. The Kier molecular flexibility index (Phi) is 2.87. The molecule has 3 unspecified atom stereocenters. The lowest BCUT2D eigenvalue weighted by atomic mass is 9.87. The first-order valence-corrected chi connectivity index (χ1v) is 6.59. The predicted molar refractivity (Wildman–Crippen MR) is 65.7 cm³/mol. The Balaban J connectivity index is 1.65. The van der Waals surface area contributed by atoms with E-state index in [4.69, 9.17) is 4.74 Å². The van der Waals surface area contributed by atoms with Crippen molar-refractivity contribution in [2.24, 2.45) is 11.8 Å². The van der Waals surface area contributed by atoms with Crippen LogP contribution < -0.4 is 0 Å². The van der Waals surface area contributed by atoms with E-state index in [9.17, 15) is 4.79 Å². The van der Waals surface area contributed by atoms with E-state index >= 15 is 0 Å². The Morgan fingerprint density at radius 3 is 2.65 bits per heavy atom. The van der Waals surface area contributed by atoms with Gasteiger partial charge in [0.1, 0.15) is 6.10 Å². The molecule has 0 amide bonds. The van der Waals surface area contributed by atoms with Crippen LogP contribution in [0.25, 0.3) is 0 Å². The molecule has 2 bridgehead atoms. The zero-order valence-electron chi connectivity index (χ0n) is 9.97. The summed E-state index contributed by atoms with van der Waals surface area (Å²) in [5.41, 5.74) is 0.674. The van der Waals surface area contributed by atoms with Gasteiger partial charge in [0.2, 0.25) is 0 Å². The van der Waals surface area contributed by atoms with E-state index in [1.54, 1.807) is 0 Å². The van der Waals surface area contributed by atoms with Crippen LogP contribution in [0.1, 0.15) is 42.5 Å². The monoisotopic (exact) mass is 230 g/mol. The molecule has 0 heterocycles. The predicted octanol–water partition coefficient (Wildman–Crippen LogP) is 3.42. The van der Waals surface area contributed by atoms with E-state index in [0.29, 0.717) is 11.5 Å². The Hall–Kier alpha value is -1.31. The van der Waals surface area contributed by atoms with Crippen LogP contribution in [0.5, 0.6) is 0 Å². The smallest absolute Gasteiger partial charge is 0.338 e. The molecule has 90 valence electrons. The number of benzene rings is 1. The molecule has 2 saturated carbocycles. The van der Waals surface area contributed by atoms with E-state index < -0.39 is 0 Å². The van der Waals surface area contributed by atoms with Crippen LogP contribution in [0.2, 0.25) is 0 Å². The van der Waals surface area contributed by atoms with Gasteiger partial charge in [0, 0.05) is 0 Å². The summed E-state index contributed by atoms with van der Waals surface area (Å²) in [5, 5.41) is 0. The number of rotatable bonds is 2. The van der Waals surface area contributed by atoms with Crippen molar-refractivity contribution in [2.45, 2.75) is 38.2 Å². The number of hydrogen-bond donors (Lipinski definition) is 0. The standard InChI is InChI=1S/C15H18O2/c16-15(12-4-2-1-3-5-12)17-14-9-7-11-6-8-13(14)10-11/h1-5,11,13-14H,6-10H2. The summed E-state index contributed by atoms with van der Waals surface area (Å²) >= 11 is 0. The van der Waals surface area contributed by atoms with Crippen molar-refractivity contribution >= 4 is 5.97 Å². The van der Waals surface area contributed by atoms with Gasteiger partial charge in [0.25, 0.3) is 0 Å². The SMILES string of the molecule is O=C(OC1CCC2CCC1C2)c1ccccc1. The molecule has 1 aromatic rings. The van der Waals surface area contributed by atoms with E-state index in [-0.39, 0.29) is 12.1 Å². The minimum absolute atomic E-state index is 0.152. The highest BCUT2D eigenvalue weighted by Crippen LogP contribution is 2.43. The van der Waals surface area contributed by atoms with Crippen molar-refractivity contribution in [3.63, 3.8) is 0 Å². The van der Waals surface area contributed by atoms with Crippen molar-refractivity contribution in [1.29, 1.82) is 0 Å². The Morgan fingerprint density at radius 1 is 1.06 bits per heavy atom. The van der Waals surface area contributed by atoms with Gasteiger partial charge < -0.3 is 4.74 Å². The fourth-order valence-corrected chi connectivity index (χ4v) is 3.28. The van der Waals surface area contributed by atoms with E-state index in [2.05, 4.69) is 0 Å². The van der Waals surface area contributed by atoms with Crippen LogP contribution in [-0.2, 0) is 4.74 Å². The Morgan fingerprint density at radius 2 is 1.82 bits per heavy atom. The molecule has 2 heteroatoms. The fourth-order valence-electron chi connectivity index (χ4n) is 3.28. The molecule has 3 atom stereocenters. The van der Waals surface area contributed by atoms with Gasteiger partial charge in [-0.05, 0) is 49.7 Å². The summed E-state index contributed by atoms with van der Waals surface area (Å²) in [5.74, 6) is 1.38. The Labute approximate surface area is 102 Å². The molecule has 0 aliphatic heterocycles. The molecule has 0 N–H and O–H groups in total. The molecule has 2 aliphatic rings. The van der Waals surface area contributed by atoms with Gasteiger partial charge in [-0.25, -0.2) is 4.79 Å². The molecule has 0 radical (unpaired) electrons. The number of ether oxygens (including phenoxy) is 1. The molecule has 2 nitrogen and oxygen atoms in total.